The Morgan fingerprint density at radius 3 is 2.35 bits per heavy atom. The highest BCUT2D eigenvalue weighted by Crippen LogP contribution is 2.31. The summed E-state index contributed by atoms with van der Waals surface area (Å²) in [6, 6.07) is 15.8. The van der Waals surface area contributed by atoms with Crippen molar-refractivity contribution in [1.82, 2.24) is 10.6 Å². The van der Waals surface area contributed by atoms with Gasteiger partial charge in [-0.15, -0.1) is 0 Å². The Bertz CT molecular complexity index is 1120. The minimum absolute atomic E-state index is 0.0474. The van der Waals surface area contributed by atoms with Crippen LogP contribution in [0.5, 0.6) is 0 Å². The fourth-order valence-corrected chi connectivity index (χ4v) is 4.04. The van der Waals surface area contributed by atoms with Gasteiger partial charge < -0.3 is 10.6 Å². The van der Waals surface area contributed by atoms with E-state index in [9.17, 15) is 14.9 Å². The van der Waals surface area contributed by atoms with Crippen LogP contribution in [0.25, 0.3) is 5.70 Å². The molecule has 0 aromatic heterocycles. The number of nitrogens with zero attached hydrogens (tertiary/aromatic N) is 2. The molecule has 1 aliphatic heterocycles. The highest BCUT2D eigenvalue weighted by Gasteiger charge is 2.28. The molecule has 2 N–H and O–H groups in total. The summed E-state index contributed by atoms with van der Waals surface area (Å²) >= 11 is 5.89. The van der Waals surface area contributed by atoms with Crippen molar-refractivity contribution in [2.75, 3.05) is 0 Å². The Labute approximate surface area is 185 Å². The van der Waals surface area contributed by atoms with Crippen molar-refractivity contribution in [2.24, 2.45) is 4.99 Å². The molecule has 2 aromatic rings. The van der Waals surface area contributed by atoms with E-state index in [-0.39, 0.29) is 23.2 Å². The summed E-state index contributed by atoms with van der Waals surface area (Å²) < 4.78 is 0. The molecule has 1 aliphatic carbocycles. The second kappa shape index (κ2) is 9.15. The molecular formula is C24H21ClN4O2. The fraction of sp³-hybridized carbons (Fsp3) is 0.250. The van der Waals surface area contributed by atoms with Gasteiger partial charge in [-0.3, -0.25) is 9.59 Å². The maximum Gasteiger partial charge on any atom is 0.264 e. The number of carbonyl (C=O) groups excluding carboxylic acids is 2. The van der Waals surface area contributed by atoms with Crippen LogP contribution < -0.4 is 10.6 Å². The van der Waals surface area contributed by atoms with E-state index in [0.29, 0.717) is 27.5 Å². The molecule has 4 rings (SSSR count). The second-order valence-corrected chi connectivity index (χ2v) is 8.05. The lowest BCUT2D eigenvalue weighted by Gasteiger charge is -2.22. The Kier molecular flexibility index (Phi) is 6.15. The standard InChI is InChI=1S/C24H21ClN4O2/c25-16-12-10-15(11-13-16)23(30)29-22-19-9-5-4-8-18(19)21(28-22)20(14-26)24(31)27-17-6-2-1-3-7-17/h4-5,8-13,17H,1-3,6-7H2,(H,27,31)(H,28,29,30)/b21-20-. The van der Waals surface area contributed by atoms with E-state index < -0.39 is 5.91 Å². The van der Waals surface area contributed by atoms with E-state index in [4.69, 9.17) is 11.6 Å². The summed E-state index contributed by atoms with van der Waals surface area (Å²) in [4.78, 5) is 30.0. The molecule has 1 fully saturated rings. The molecule has 2 aromatic carbocycles. The van der Waals surface area contributed by atoms with Gasteiger partial charge in [0.05, 0.1) is 5.70 Å². The maximum absolute atomic E-state index is 12.9. The summed E-state index contributed by atoms with van der Waals surface area (Å²) in [5.41, 5.74) is 1.96. The van der Waals surface area contributed by atoms with Crippen molar-refractivity contribution in [1.29, 1.82) is 5.26 Å². The molecule has 2 aliphatic rings. The van der Waals surface area contributed by atoms with Crippen LogP contribution in [0.2, 0.25) is 5.02 Å². The number of nitrogens with one attached hydrogen (secondary N) is 2. The van der Waals surface area contributed by atoms with Gasteiger partial charge >= 0.3 is 0 Å². The monoisotopic (exact) mass is 432 g/mol. The number of amidine groups is 1. The Balaban J connectivity index is 1.64. The molecule has 2 amide bonds. The number of benzene rings is 2. The molecule has 0 unspecified atom stereocenters. The molecule has 156 valence electrons. The number of nitriles is 1. The van der Waals surface area contributed by atoms with Crippen molar-refractivity contribution in [3.63, 3.8) is 0 Å². The lowest BCUT2D eigenvalue weighted by atomic mass is 9.95. The zero-order valence-corrected chi connectivity index (χ0v) is 17.6. The van der Waals surface area contributed by atoms with E-state index in [1.165, 1.54) is 6.42 Å². The van der Waals surface area contributed by atoms with Crippen molar-refractivity contribution in [3.05, 3.63) is 75.8 Å². The zero-order chi connectivity index (χ0) is 21.8. The fourth-order valence-electron chi connectivity index (χ4n) is 3.91. The molecule has 0 bridgehead atoms. The van der Waals surface area contributed by atoms with E-state index in [1.807, 2.05) is 18.2 Å². The first-order valence-electron chi connectivity index (χ1n) is 10.3. The largest absolute Gasteiger partial charge is 0.349 e. The number of hydrogen-bond donors (Lipinski definition) is 2. The number of halogens is 1. The number of amides is 2. The van der Waals surface area contributed by atoms with Crippen LogP contribution in [0, 0.1) is 11.3 Å². The first-order valence-corrected chi connectivity index (χ1v) is 10.6. The molecule has 31 heavy (non-hydrogen) atoms. The normalized spacial score (nSPS) is 17.2. The van der Waals surface area contributed by atoms with Gasteiger partial charge in [-0.1, -0.05) is 55.1 Å². The Morgan fingerprint density at radius 2 is 1.68 bits per heavy atom. The van der Waals surface area contributed by atoms with Crippen molar-refractivity contribution >= 4 is 34.9 Å². The zero-order valence-electron chi connectivity index (χ0n) is 16.8. The summed E-state index contributed by atoms with van der Waals surface area (Å²) in [5, 5.41) is 16.1. The van der Waals surface area contributed by atoms with E-state index >= 15 is 0 Å². The SMILES string of the molecule is N#C/C(C(=O)NC1CCCCC1)=C1/N=C(NC(=O)c2ccc(Cl)cc2)c2ccccc21. The molecular weight excluding hydrogens is 412 g/mol. The third-order valence-electron chi connectivity index (χ3n) is 5.52. The average Bonchev–Trinajstić information content (AvgIpc) is 3.13. The highest BCUT2D eigenvalue weighted by atomic mass is 35.5. The van der Waals surface area contributed by atoms with Crippen LogP contribution in [-0.2, 0) is 4.79 Å². The van der Waals surface area contributed by atoms with Gasteiger partial charge in [0.1, 0.15) is 17.5 Å². The average molecular weight is 433 g/mol. The molecule has 0 atom stereocenters. The van der Waals surface area contributed by atoms with Gasteiger partial charge in [-0.25, -0.2) is 4.99 Å². The van der Waals surface area contributed by atoms with Crippen LogP contribution in [0.15, 0.2) is 59.1 Å². The van der Waals surface area contributed by atoms with Crippen LogP contribution in [0.4, 0.5) is 0 Å². The maximum atomic E-state index is 12.9. The number of hydrogen-bond acceptors (Lipinski definition) is 4. The number of aliphatic imine (C=N–C) groups is 1. The molecule has 6 nitrogen and oxygen atoms in total. The summed E-state index contributed by atoms with van der Waals surface area (Å²) in [6.07, 6.45) is 5.16. The third kappa shape index (κ3) is 4.52. The molecule has 1 saturated carbocycles. The van der Waals surface area contributed by atoms with E-state index in [1.54, 1.807) is 36.4 Å². The quantitative estimate of drug-likeness (QED) is 0.561. The molecule has 0 saturated heterocycles. The lowest BCUT2D eigenvalue weighted by Crippen LogP contribution is -2.37. The summed E-state index contributed by atoms with van der Waals surface area (Å²) in [5.74, 6) is -0.464. The predicted molar refractivity (Wildman–Crippen MR) is 119 cm³/mol. The number of fused-ring (bicyclic) bond motifs is 1. The summed E-state index contributed by atoms with van der Waals surface area (Å²) in [7, 11) is 0. The third-order valence-corrected chi connectivity index (χ3v) is 5.77. The van der Waals surface area contributed by atoms with Crippen LogP contribution in [0.3, 0.4) is 0 Å². The van der Waals surface area contributed by atoms with Crippen LogP contribution in [0.1, 0.15) is 53.6 Å². The molecule has 7 heteroatoms. The molecule has 0 spiro atoms. The van der Waals surface area contributed by atoms with Gasteiger partial charge in [0.2, 0.25) is 0 Å². The highest BCUT2D eigenvalue weighted by molar-refractivity contribution is 6.30. The summed E-state index contributed by atoms with van der Waals surface area (Å²) in [6.45, 7) is 0. The van der Waals surface area contributed by atoms with Gasteiger partial charge in [-0.05, 0) is 37.1 Å². The van der Waals surface area contributed by atoms with E-state index in [2.05, 4.69) is 15.6 Å². The van der Waals surface area contributed by atoms with E-state index in [0.717, 1.165) is 25.7 Å². The van der Waals surface area contributed by atoms with Gasteiger partial charge in [-0.2, -0.15) is 5.26 Å². The molecule has 1 heterocycles. The number of rotatable bonds is 3. The second-order valence-electron chi connectivity index (χ2n) is 7.61. The topological polar surface area (TPSA) is 94.3 Å². The Hall–Kier alpha value is -3.43. The van der Waals surface area contributed by atoms with Crippen molar-refractivity contribution in [3.8, 4) is 6.07 Å². The first-order chi connectivity index (χ1) is 15.1. The van der Waals surface area contributed by atoms with Crippen LogP contribution >= 0.6 is 11.6 Å². The Morgan fingerprint density at radius 1 is 1.00 bits per heavy atom. The smallest absolute Gasteiger partial charge is 0.264 e. The molecule has 0 radical (unpaired) electrons. The first kappa shape index (κ1) is 20.8. The van der Waals surface area contributed by atoms with Gasteiger partial charge in [0, 0.05) is 27.8 Å². The van der Waals surface area contributed by atoms with Crippen molar-refractivity contribution < 1.29 is 9.59 Å². The lowest BCUT2D eigenvalue weighted by molar-refractivity contribution is -0.117. The minimum Gasteiger partial charge on any atom is -0.349 e. The van der Waals surface area contributed by atoms with Crippen molar-refractivity contribution in [2.45, 2.75) is 38.1 Å². The van der Waals surface area contributed by atoms with Crippen LogP contribution in [-0.4, -0.2) is 23.7 Å². The minimum atomic E-state index is -0.423. The number of carbonyl (C=O) groups is 2. The van der Waals surface area contributed by atoms with Gasteiger partial charge in [0.25, 0.3) is 11.8 Å². The van der Waals surface area contributed by atoms with Gasteiger partial charge in [0.15, 0.2) is 0 Å². The predicted octanol–water partition coefficient (Wildman–Crippen LogP) is 4.21.